The third kappa shape index (κ3) is 4.62. The van der Waals surface area contributed by atoms with Crippen LogP contribution in [0.15, 0.2) is 27.8 Å². The molecule has 0 saturated carbocycles. The fourth-order valence-electron chi connectivity index (χ4n) is 1.58. The molecule has 3 N–H and O–H groups in total. The van der Waals surface area contributed by atoms with E-state index in [9.17, 15) is 4.39 Å². The smallest absolute Gasteiger partial charge is 0.140 e. The Hall–Kier alpha value is -1.14. The van der Waals surface area contributed by atoms with Crippen molar-refractivity contribution in [1.82, 2.24) is 4.90 Å². The summed E-state index contributed by atoms with van der Waals surface area (Å²) in [6.45, 7) is 4.10. The van der Waals surface area contributed by atoms with Gasteiger partial charge in [0.15, 0.2) is 0 Å². The highest BCUT2D eigenvalue weighted by Crippen LogP contribution is 2.19. The van der Waals surface area contributed by atoms with Gasteiger partial charge in [-0.2, -0.15) is 0 Å². The van der Waals surface area contributed by atoms with E-state index in [0.29, 0.717) is 19.5 Å². The third-order valence-electron chi connectivity index (χ3n) is 2.66. The van der Waals surface area contributed by atoms with Crippen LogP contribution in [-0.4, -0.2) is 29.0 Å². The molecule has 1 aromatic carbocycles. The summed E-state index contributed by atoms with van der Waals surface area (Å²) in [4.78, 5) is 2.09. The van der Waals surface area contributed by atoms with Crippen molar-refractivity contribution in [3.05, 3.63) is 34.1 Å². The van der Waals surface area contributed by atoms with Crippen LogP contribution in [0, 0.1) is 5.82 Å². The Kier molecular flexibility index (Phi) is 6.07. The van der Waals surface area contributed by atoms with Crippen LogP contribution in [0.5, 0.6) is 0 Å². The molecule has 0 saturated heterocycles. The lowest BCUT2D eigenvalue weighted by Crippen LogP contribution is -2.28. The zero-order valence-electron chi connectivity index (χ0n) is 10.2. The molecule has 0 unspecified atom stereocenters. The molecule has 0 aliphatic heterocycles. The van der Waals surface area contributed by atoms with E-state index in [1.807, 2.05) is 6.92 Å². The van der Waals surface area contributed by atoms with Crippen molar-refractivity contribution in [2.75, 3.05) is 13.1 Å². The predicted octanol–water partition coefficient (Wildman–Crippen LogP) is 2.55. The molecule has 100 valence electrons. The van der Waals surface area contributed by atoms with Gasteiger partial charge in [-0.25, -0.2) is 4.39 Å². The van der Waals surface area contributed by atoms with Gasteiger partial charge in [0.2, 0.25) is 0 Å². The maximum absolute atomic E-state index is 13.2. The molecular formula is C12H17BrFN3O. The molecule has 0 heterocycles. The molecule has 18 heavy (non-hydrogen) atoms. The molecule has 0 aliphatic carbocycles. The first-order valence-corrected chi connectivity index (χ1v) is 6.48. The Balaban J connectivity index is 2.65. The summed E-state index contributed by atoms with van der Waals surface area (Å²) in [6, 6.07) is 4.62. The normalized spacial score (nSPS) is 12.1. The molecule has 1 rings (SSSR count). The highest BCUT2D eigenvalue weighted by Gasteiger charge is 2.08. The van der Waals surface area contributed by atoms with E-state index >= 15 is 0 Å². The zero-order valence-corrected chi connectivity index (χ0v) is 11.8. The maximum atomic E-state index is 13.2. The molecule has 0 aromatic heterocycles. The van der Waals surface area contributed by atoms with Gasteiger partial charge in [-0.05, 0) is 30.3 Å². The molecule has 0 amide bonds. The fourth-order valence-corrected chi connectivity index (χ4v) is 1.95. The highest BCUT2D eigenvalue weighted by atomic mass is 79.9. The van der Waals surface area contributed by atoms with Crippen LogP contribution in [0.1, 0.15) is 18.9 Å². The Morgan fingerprint density at radius 1 is 1.56 bits per heavy atom. The maximum Gasteiger partial charge on any atom is 0.140 e. The van der Waals surface area contributed by atoms with Crippen molar-refractivity contribution in [1.29, 1.82) is 0 Å². The minimum Gasteiger partial charge on any atom is -0.409 e. The fraction of sp³-hybridized carbons (Fsp3) is 0.417. The molecule has 6 heteroatoms. The van der Waals surface area contributed by atoms with Crippen molar-refractivity contribution >= 4 is 21.8 Å². The van der Waals surface area contributed by atoms with Crippen LogP contribution in [0.4, 0.5) is 4.39 Å². The first-order chi connectivity index (χ1) is 8.56. The van der Waals surface area contributed by atoms with Crippen LogP contribution in [0.2, 0.25) is 0 Å². The van der Waals surface area contributed by atoms with Gasteiger partial charge in [-0.3, -0.25) is 4.90 Å². The van der Waals surface area contributed by atoms with Gasteiger partial charge in [0.05, 0.1) is 0 Å². The van der Waals surface area contributed by atoms with E-state index < -0.39 is 0 Å². The molecule has 4 nitrogen and oxygen atoms in total. The average molecular weight is 318 g/mol. The summed E-state index contributed by atoms with van der Waals surface area (Å²) < 4.78 is 14.0. The van der Waals surface area contributed by atoms with Crippen molar-refractivity contribution in [3.8, 4) is 0 Å². The molecule has 0 spiro atoms. The summed E-state index contributed by atoms with van der Waals surface area (Å²) in [5.41, 5.74) is 6.31. The van der Waals surface area contributed by atoms with Gasteiger partial charge in [0, 0.05) is 24.0 Å². The minimum atomic E-state index is -0.249. The molecule has 0 aliphatic rings. The van der Waals surface area contributed by atoms with Gasteiger partial charge < -0.3 is 10.9 Å². The topological polar surface area (TPSA) is 61.8 Å². The first-order valence-electron chi connectivity index (χ1n) is 5.69. The Morgan fingerprint density at radius 3 is 2.89 bits per heavy atom. The van der Waals surface area contributed by atoms with Crippen molar-refractivity contribution in [3.63, 3.8) is 0 Å². The van der Waals surface area contributed by atoms with Gasteiger partial charge in [0.25, 0.3) is 0 Å². The van der Waals surface area contributed by atoms with Crippen LogP contribution in [0.3, 0.4) is 0 Å². The summed E-state index contributed by atoms with van der Waals surface area (Å²) in [6.07, 6.45) is 0.483. The Labute approximate surface area is 114 Å². The predicted molar refractivity (Wildman–Crippen MR) is 73.1 cm³/mol. The number of amidine groups is 1. The standard InChI is InChI=1S/C12H17BrFN3O/c1-2-17(6-5-12(15)16-18)8-9-7-10(14)3-4-11(9)13/h3-4,7,18H,2,5-6,8H2,1H3,(H2,15,16). The number of benzene rings is 1. The lowest BCUT2D eigenvalue weighted by Gasteiger charge is -2.20. The first kappa shape index (κ1) is 14.9. The minimum absolute atomic E-state index is 0.201. The molecule has 0 radical (unpaired) electrons. The molecule has 1 aromatic rings. The van der Waals surface area contributed by atoms with Crippen LogP contribution >= 0.6 is 15.9 Å². The number of nitrogens with two attached hydrogens (primary N) is 1. The Bertz CT molecular complexity index is 426. The van der Waals surface area contributed by atoms with E-state index in [-0.39, 0.29) is 11.7 Å². The SMILES string of the molecule is CCN(CC/C(N)=N/O)Cc1cc(F)ccc1Br. The van der Waals surface area contributed by atoms with E-state index in [2.05, 4.69) is 26.0 Å². The monoisotopic (exact) mass is 317 g/mol. The molecular weight excluding hydrogens is 301 g/mol. The number of rotatable bonds is 6. The largest absolute Gasteiger partial charge is 0.409 e. The van der Waals surface area contributed by atoms with E-state index in [1.165, 1.54) is 12.1 Å². The number of hydrogen-bond donors (Lipinski definition) is 2. The van der Waals surface area contributed by atoms with E-state index in [4.69, 9.17) is 10.9 Å². The number of nitrogens with zero attached hydrogens (tertiary/aromatic N) is 2. The molecule has 0 fully saturated rings. The summed E-state index contributed by atoms with van der Waals surface area (Å²) in [5, 5.41) is 11.4. The van der Waals surface area contributed by atoms with Crippen LogP contribution in [-0.2, 0) is 6.54 Å². The Morgan fingerprint density at radius 2 is 2.28 bits per heavy atom. The number of halogens is 2. The van der Waals surface area contributed by atoms with Gasteiger partial charge in [-0.15, -0.1) is 0 Å². The highest BCUT2D eigenvalue weighted by molar-refractivity contribution is 9.10. The van der Waals surface area contributed by atoms with Crippen LogP contribution < -0.4 is 5.73 Å². The lowest BCUT2D eigenvalue weighted by atomic mass is 10.2. The third-order valence-corrected chi connectivity index (χ3v) is 3.44. The molecule has 0 bridgehead atoms. The van der Waals surface area contributed by atoms with Crippen molar-refractivity contribution in [2.45, 2.75) is 19.9 Å². The van der Waals surface area contributed by atoms with Gasteiger partial charge >= 0.3 is 0 Å². The average Bonchev–Trinajstić information content (AvgIpc) is 2.37. The van der Waals surface area contributed by atoms with Gasteiger partial charge in [0.1, 0.15) is 11.7 Å². The summed E-state index contributed by atoms with van der Waals surface area (Å²) in [5.74, 6) is -0.0487. The van der Waals surface area contributed by atoms with Gasteiger partial charge in [-0.1, -0.05) is 28.0 Å². The second-order valence-electron chi connectivity index (χ2n) is 3.95. The quantitative estimate of drug-likeness (QED) is 0.367. The second kappa shape index (κ2) is 7.33. The zero-order chi connectivity index (χ0) is 13.5. The second-order valence-corrected chi connectivity index (χ2v) is 4.80. The van der Waals surface area contributed by atoms with Crippen LogP contribution in [0.25, 0.3) is 0 Å². The lowest BCUT2D eigenvalue weighted by molar-refractivity contribution is 0.282. The van der Waals surface area contributed by atoms with E-state index in [1.54, 1.807) is 6.07 Å². The number of hydrogen-bond acceptors (Lipinski definition) is 3. The number of oxime groups is 1. The summed E-state index contributed by atoms with van der Waals surface area (Å²) >= 11 is 3.40. The van der Waals surface area contributed by atoms with Crippen molar-refractivity contribution in [2.24, 2.45) is 10.9 Å². The summed E-state index contributed by atoms with van der Waals surface area (Å²) in [7, 11) is 0. The molecule has 0 atom stereocenters. The van der Waals surface area contributed by atoms with E-state index in [0.717, 1.165) is 16.6 Å². The van der Waals surface area contributed by atoms with Crippen molar-refractivity contribution < 1.29 is 9.60 Å².